The molecule has 0 aromatic carbocycles. The first-order valence-electron chi connectivity index (χ1n) is 19.2. The topological polar surface area (TPSA) is 69.6 Å². The zero-order valence-corrected chi connectivity index (χ0v) is 28.8. The number of aliphatic hydroxyl groups is 2. The first-order chi connectivity index (χ1) is 20.7. The minimum absolute atomic E-state index is 0.0313. The Labute approximate surface area is 264 Å². The van der Waals surface area contributed by atoms with E-state index in [2.05, 4.69) is 19.2 Å². The first kappa shape index (κ1) is 41.4. The van der Waals surface area contributed by atoms with Gasteiger partial charge in [-0.1, -0.05) is 200 Å². The number of rotatable bonds is 35. The lowest BCUT2D eigenvalue weighted by molar-refractivity contribution is -0.123. The summed E-state index contributed by atoms with van der Waals surface area (Å²) in [6, 6.07) is -0.527. The Morgan fingerprint density at radius 3 is 1.07 bits per heavy atom. The summed E-state index contributed by atoms with van der Waals surface area (Å²) < 4.78 is 0. The maximum Gasteiger partial charge on any atom is 0.220 e. The van der Waals surface area contributed by atoms with Gasteiger partial charge >= 0.3 is 0 Å². The fourth-order valence-electron chi connectivity index (χ4n) is 6.13. The van der Waals surface area contributed by atoms with Crippen molar-refractivity contribution in [2.45, 2.75) is 231 Å². The zero-order chi connectivity index (χ0) is 30.8. The molecule has 3 N–H and O–H groups in total. The van der Waals surface area contributed by atoms with Gasteiger partial charge in [0.25, 0.3) is 0 Å². The Kier molecular flexibility index (Phi) is 34.4. The molecule has 2 unspecified atom stereocenters. The van der Waals surface area contributed by atoms with Crippen molar-refractivity contribution in [2.24, 2.45) is 0 Å². The predicted molar refractivity (Wildman–Crippen MR) is 184 cm³/mol. The quantitative estimate of drug-likeness (QED) is 0.0638. The van der Waals surface area contributed by atoms with Gasteiger partial charge in [-0.15, -0.1) is 0 Å². The van der Waals surface area contributed by atoms with Crippen molar-refractivity contribution in [3.8, 4) is 0 Å². The second kappa shape index (κ2) is 34.9. The Morgan fingerprint density at radius 1 is 0.476 bits per heavy atom. The molecule has 0 rings (SSSR count). The van der Waals surface area contributed by atoms with Crippen LogP contribution in [0.4, 0.5) is 0 Å². The minimum atomic E-state index is -0.651. The van der Waals surface area contributed by atoms with Gasteiger partial charge in [0.15, 0.2) is 0 Å². The molecule has 0 saturated heterocycles. The molecule has 0 fully saturated rings. The summed E-state index contributed by atoms with van der Waals surface area (Å²) in [5.74, 6) is -0.0313. The summed E-state index contributed by atoms with van der Waals surface area (Å²) >= 11 is 0. The van der Waals surface area contributed by atoms with Crippen LogP contribution in [0, 0.1) is 0 Å². The molecule has 4 nitrogen and oxygen atoms in total. The molecule has 0 heterocycles. The summed E-state index contributed by atoms with van der Waals surface area (Å²) in [6.07, 6.45) is 40.2. The highest BCUT2D eigenvalue weighted by atomic mass is 16.3. The van der Waals surface area contributed by atoms with Crippen LogP contribution in [0.1, 0.15) is 219 Å². The largest absolute Gasteiger partial charge is 0.394 e. The van der Waals surface area contributed by atoms with Gasteiger partial charge in [0.05, 0.1) is 18.8 Å². The Hall–Kier alpha value is -0.610. The molecule has 0 aliphatic heterocycles. The van der Waals surface area contributed by atoms with E-state index in [0.29, 0.717) is 12.8 Å². The van der Waals surface area contributed by atoms with Crippen LogP contribution >= 0.6 is 0 Å². The molecular weight excluding hydrogens is 518 g/mol. The average molecular weight is 596 g/mol. The second-order valence-electron chi connectivity index (χ2n) is 13.4. The van der Waals surface area contributed by atoms with Crippen molar-refractivity contribution < 1.29 is 15.0 Å². The van der Waals surface area contributed by atoms with Crippen LogP contribution in [0.5, 0.6) is 0 Å². The van der Waals surface area contributed by atoms with E-state index in [9.17, 15) is 15.0 Å². The summed E-state index contributed by atoms with van der Waals surface area (Å²) in [5.41, 5.74) is 0. The molecule has 0 radical (unpaired) electrons. The third-order valence-electron chi connectivity index (χ3n) is 9.12. The number of aliphatic hydroxyl groups excluding tert-OH is 2. The van der Waals surface area contributed by atoms with E-state index in [1.165, 1.54) is 167 Å². The van der Waals surface area contributed by atoms with Crippen molar-refractivity contribution in [1.82, 2.24) is 5.32 Å². The minimum Gasteiger partial charge on any atom is -0.394 e. The first-order valence-corrected chi connectivity index (χ1v) is 19.2. The van der Waals surface area contributed by atoms with Crippen LogP contribution < -0.4 is 5.32 Å². The number of unbranched alkanes of at least 4 members (excludes halogenated alkanes) is 28. The monoisotopic (exact) mass is 596 g/mol. The molecular formula is C38H77NO3. The molecule has 4 heteroatoms. The molecule has 0 spiro atoms. The summed E-state index contributed by atoms with van der Waals surface area (Å²) in [4.78, 5) is 12.3. The summed E-state index contributed by atoms with van der Waals surface area (Å²) in [7, 11) is 0. The SMILES string of the molecule is CCCCCCCCCCCCCCCCCCCCCCC(O)C(CO)NC(=O)CCCCCCCCCCCC. The van der Waals surface area contributed by atoms with Crippen LogP contribution in [0.2, 0.25) is 0 Å². The lowest BCUT2D eigenvalue weighted by Crippen LogP contribution is -2.45. The Bertz CT molecular complexity index is 526. The highest BCUT2D eigenvalue weighted by Crippen LogP contribution is 2.16. The lowest BCUT2D eigenvalue weighted by atomic mass is 10.0. The van der Waals surface area contributed by atoms with Gasteiger partial charge in [0.1, 0.15) is 0 Å². The standard InChI is InChI=1S/C38H77NO3/c1-3-5-7-9-11-13-15-16-17-18-19-20-21-22-23-24-25-27-29-31-33-37(41)36(35-40)39-38(42)34-32-30-28-26-14-12-10-8-6-4-2/h36-37,40-41H,3-35H2,1-2H3,(H,39,42). The fraction of sp³-hybridized carbons (Fsp3) is 0.974. The van der Waals surface area contributed by atoms with Crippen molar-refractivity contribution >= 4 is 5.91 Å². The average Bonchev–Trinajstić information content (AvgIpc) is 2.99. The summed E-state index contributed by atoms with van der Waals surface area (Å²) in [6.45, 7) is 4.35. The van der Waals surface area contributed by atoms with E-state index >= 15 is 0 Å². The van der Waals surface area contributed by atoms with E-state index in [4.69, 9.17) is 0 Å². The molecule has 1 amide bonds. The van der Waals surface area contributed by atoms with Crippen LogP contribution in [-0.4, -0.2) is 34.9 Å². The van der Waals surface area contributed by atoms with Gasteiger partial charge in [0.2, 0.25) is 5.91 Å². The van der Waals surface area contributed by atoms with E-state index < -0.39 is 12.1 Å². The number of hydrogen-bond acceptors (Lipinski definition) is 3. The van der Waals surface area contributed by atoms with E-state index in [-0.39, 0.29) is 12.5 Å². The van der Waals surface area contributed by atoms with Crippen molar-refractivity contribution in [3.05, 3.63) is 0 Å². The number of amides is 1. The zero-order valence-electron chi connectivity index (χ0n) is 28.8. The van der Waals surface area contributed by atoms with Crippen molar-refractivity contribution in [2.75, 3.05) is 6.61 Å². The fourth-order valence-corrected chi connectivity index (χ4v) is 6.13. The van der Waals surface area contributed by atoms with E-state index in [1.54, 1.807) is 0 Å². The van der Waals surface area contributed by atoms with E-state index in [1.807, 2.05) is 0 Å². The molecule has 0 aliphatic rings. The van der Waals surface area contributed by atoms with Gasteiger partial charge < -0.3 is 15.5 Å². The molecule has 0 aromatic heterocycles. The number of carbonyl (C=O) groups excluding carboxylic acids is 1. The maximum atomic E-state index is 12.3. The number of carbonyl (C=O) groups is 1. The van der Waals surface area contributed by atoms with Crippen LogP contribution in [-0.2, 0) is 4.79 Å². The molecule has 2 atom stereocenters. The van der Waals surface area contributed by atoms with Gasteiger partial charge in [0, 0.05) is 6.42 Å². The van der Waals surface area contributed by atoms with Gasteiger partial charge in [-0.3, -0.25) is 4.79 Å². The molecule has 0 aliphatic carbocycles. The van der Waals surface area contributed by atoms with E-state index in [0.717, 1.165) is 25.7 Å². The predicted octanol–water partition coefficient (Wildman–Crippen LogP) is 11.3. The Morgan fingerprint density at radius 2 is 0.762 bits per heavy atom. The molecule has 42 heavy (non-hydrogen) atoms. The van der Waals surface area contributed by atoms with Gasteiger partial charge in [-0.25, -0.2) is 0 Å². The number of hydrogen-bond donors (Lipinski definition) is 3. The molecule has 0 bridgehead atoms. The molecule has 0 saturated carbocycles. The Balaban J connectivity index is 3.47. The normalized spacial score (nSPS) is 13.0. The maximum absolute atomic E-state index is 12.3. The smallest absolute Gasteiger partial charge is 0.220 e. The highest BCUT2D eigenvalue weighted by molar-refractivity contribution is 5.76. The van der Waals surface area contributed by atoms with Crippen molar-refractivity contribution in [1.29, 1.82) is 0 Å². The lowest BCUT2D eigenvalue weighted by Gasteiger charge is -2.22. The van der Waals surface area contributed by atoms with Crippen LogP contribution in [0.3, 0.4) is 0 Å². The third kappa shape index (κ3) is 30.8. The van der Waals surface area contributed by atoms with Crippen LogP contribution in [0.15, 0.2) is 0 Å². The molecule has 252 valence electrons. The summed E-state index contributed by atoms with van der Waals surface area (Å²) in [5, 5.41) is 23.0. The van der Waals surface area contributed by atoms with Crippen molar-refractivity contribution in [3.63, 3.8) is 0 Å². The second-order valence-corrected chi connectivity index (χ2v) is 13.4. The highest BCUT2D eigenvalue weighted by Gasteiger charge is 2.19. The molecule has 0 aromatic rings. The van der Waals surface area contributed by atoms with Gasteiger partial charge in [-0.05, 0) is 12.8 Å². The van der Waals surface area contributed by atoms with Crippen LogP contribution in [0.25, 0.3) is 0 Å². The van der Waals surface area contributed by atoms with Gasteiger partial charge in [-0.2, -0.15) is 0 Å². The number of nitrogens with one attached hydrogen (secondary N) is 1. The third-order valence-corrected chi connectivity index (χ3v) is 9.12.